The summed E-state index contributed by atoms with van der Waals surface area (Å²) in [6, 6.07) is 34.4. The molecule has 2 aliphatic carbocycles. The van der Waals surface area contributed by atoms with Crippen LogP contribution in [0.25, 0.3) is 44.2 Å². The van der Waals surface area contributed by atoms with Crippen LogP contribution in [-0.2, 0) is 5.41 Å². The van der Waals surface area contributed by atoms with Crippen molar-refractivity contribution in [2.75, 3.05) is 0 Å². The molecule has 1 aromatic heterocycles. The van der Waals surface area contributed by atoms with E-state index in [1.807, 2.05) is 18.2 Å². The number of para-hydroxylation sites is 1. The molecular formula is C31H16BrClO. The van der Waals surface area contributed by atoms with E-state index in [0.29, 0.717) is 0 Å². The fraction of sp³-hybridized carbons (Fsp3) is 0.0323. The minimum absolute atomic E-state index is 0.433. The summed E-state index contributed by atoms with van der Waals surface area (Å²) in [5.74, 6) is 0. The molecule has 8 rings (SSSR count). The molecule has 1 unspecified atom stereocenters. The van der Waals surface area contributed by atoms with E-state index in [4.69, 9.17) is 16.0 Å². The Balaban J connectivity index is 1.65. The molecule has 5 aromatic carbocycles. The molecule has 0 amide bonds. The maximum atomic E-state index is 6.68. The number of hydrogen-bond acceptors (Lipinski definition) is 1. The highest BCUT2D eigenvalue weighted by atomic mass is 79.9. The van der Waals surface area contributed by atoms with Crippen LogP contribution in [0.4, 0.5) is 0 Å². The predicted molar refractivity (Wildman–Crippen MR) is 143 cm³/mol. The van der Waals surface area contributed by atoms with E-state index >= 15 is 0 Å². The van der Waals surface area contributed by atoms with Gasteiger partial charge in [0.05, 0.1) is 5.41 Å². The van der Waals surface area contributed by atoms with Gasteiger partial charge in [0.25, 0.3) is 0 Å². The Kier molecular flexibility index (Phi) is 3.59. The molecule has 0 fully saturated rings. The van der Waals surface area contributed by atoms with Gasteiger partial charge < -0.3 is 4.42 Å². The van der Waals surface area contributed by atoms with Crippen LogP contribution in [0.1, 0.15) is 22.3 Å². The highest BCUT2D eigenvalue weighted by Crippen LogP contribution is 2.65. The van der Waals surface area contributed by atoms with E-state index in [2.05, 4.69) is 94.8 Å². The van der Waals surface area contributed by atoms with Crippen molar-refractivity contribution in [2.24, 2.45) is 0 Å². The molecule has 3 heteroatoms. The molecule has 0 radical (unpaired) electrons. The molecule has 6 aromatic rings. The average Bonchev–Trinajstić information content (AvgIpc) is 3.47. The van der Waals surface area contributed by atoms with Crippen molar-refractivity contribution in [2.45, 2.75) is 5.41 Å². The Morgan fingerprint density at radius 1 is 0.618 bits per heavy atom. The maximum absolute atomic E-state index is 6.68. The molecule has 2 aliphatic rings. The number of halogens is 2. The molecule has 0 aliphatic heterocycles. The minimum atomic E-state index is -0.433. The van der Waals surface area contributed by atoms with Gasteiger partial charge in [-0.1, -0.05) is 94.3 Å². The highest BCUT2D eigenvalue weighted by molar-refractivity contribution is 9.10. The largest absolute Gasteiger partial charge is 0.456 e. The topological polar surface area (TPSA) is 13.1 Å². The quantitative estimate of drug-likeness (QED) is 0.194. The van der Waals surface area contributed by atoms with Gasteiger partial charge in [-0.05, 0) is 69.3 Å². The molecule has 0 saturated heterocycles. The third kappa shape index (κ3) is 2.08. The lowest BCUT2D eigenvalue weighted by atomic mass is 9.70. The van der Waals surface area contributed by atoms with Crippen LogP contribution in [0, 0.1) is 0 Å². The zero-order valence-corrected chi connectivity index (χ0v) is 20.2. The van der Waals surface area contributed by atoms with Crippen molar-refractivity contribution in [1.29, 1.82) is 0 Å². The van der Waals surface area contributed by atoms with Crippen molar-refractivity contribution in [3.8, 4) is 22.3 Å². The van der Waals surface area contributed by atoms with Crippen LogP contribution in [0.2, 0.25) is 5.02 Å². The van der Waals surface area contributed by atoms with Gasteiger partial charge in [0.2, 0.25) is 0 Å². The normalized spacial score (nSPS) is 17.2. The molecule has 1 atom stereocenters. The van der Waals surface area contributed by atoms with Crippen LogP contribution in [0.5, 0.6) is 0 Å². The van der Waals surface area contributed by atoms with Crippen molar-refractivity contribution in [1.82, 2.24) is 0 Å². The van der Waals surface area contributed by atoms with E-state index in [-0.39, 0.29) is 0 Å². The van der Waals surface area contributed by atoms with E-state index in [1.165, 1.54) is 49.9 Å². The first kappa shape index (κ1) is 19.0. The SMILES string of the molecule is Clc1ccc2c(c1)C1(c3ccccc3-c3c(Br)cccc31)c1ccc3oc4ccccc4c3c1-2. The van der Waals surface area contributed by atoms with Gasteiger partial charge in [0, 0.05) is 25.8 Å². The monoisotopic (exact) mass is 518 g/mol. The lowest BCUT2D eigenvalue weighted by Gasteiger charge is -2.30. The molecular weight excluding hydrogens is 504 g/mol. The number of hydrogen-bond donors (Lipinski definition) is 0. The number of fused-ring (bicyclic) bond motifs is 14. The zero-order valence-electron chi connectivity index (χ0n) is 17.9. The van der Waals surface area contributed by atoms with E-state index in [9.17, 15) is 0 Å². The molecule has 1 heterocycles. The smallest absolute Gasteiger partial charge is 0.136 e. The Bertz CT molecular complexity index is 1850. The van der Waals surface area contributed by atoms with Crippen molar-refractivity contribution in [3.05, 3.63) is 129 Å². The predicted octanol–water partition coefficient (Wildman–Crippen LogP) is 9.35. The Morgan fingerprint density at radius 2 is 1.38 bits per heavy atom. The highest BCUT2D eigenvalue weighted by Gasteiger charge is 2.52. The Morgan fingerprint density at radius 3 is 2.32 bits per heavy atom. The lowest BCUT2D eigenvalue weighted by Crippen LogP contribution is -2.25. The Labute approximate surface area is 209 Å². The summed E-state index contributed by atoms with van der Waals surface area (Å²) in [5, 5.41) is 3.07. The fourth-order valence-electron chi connectivity index (χ4n) is 6.46. The Hall–Kier alpha value is -3.33. The molecule has 0 saturated carbocycles. The van der Waals surface area contributed by atoms with E-state index in [0.717, 1.165) is 26.0 Å². The summed E-state index contributed by atoms with van der Waals surface area (Å²) in [5.41, 5.74) is 11.5. The van der Waals surface area contributed by atoms with Gasteiger partial charge in [0.15, 0.2) is 0 Å². The minimum Gasteiger partial charge on any atom is -0.456 e. The van der Waals surface area contributed by atoms with Gasteiger partial charge in [-0.2, -0.15) is 0 Å². The number of benzene rings is 5. The first-order valence-corrected chi connectivity index (χ1v) is 12.5. The number of rotatable bonds is 0. The second-order valence-electron chi connectivity index (χ2n) is 9.11. The zero-order chi connectivity index (χ0) is 22.6. The standard InChI is InChI=1S/C31H16BrClO/c32-25-10-5-9-22-28(25)18-6-1-3-8-21(18)31(22)23-14-15-27-30(20-7-2-4-11-26(20)34-27)29(23)19-13-12-17(33)16-24(19)31/h1-16H. The van der Waals surface area contributed by atoms with Gasteiger partial charge >= 0.3 is 0 Å². The third-order valence-corrected chi connectivity index (χ3v) is 8.52. The van der Waals surface area contributed by atoms with Crippen molar-refractivity contribution < 1.29 is 4.42 Å². The number of furan rings is 1. The first-order chi connectivity index (χ1) is 16.7. The lowest BCUT2D eigenvalue weighted by molar-refractivity contribution is 0.668. The first-order valence-electron chi connectivity index (χ1n) is 11.3. The van der Waals surface area contributed by atoms with Gasteiger partial charge in [-0.25, -0.2) is 0 Å². The van der Waals surface area contributed by atoms with E-state index < -0.39 is 5.41 Å². The van der Waals surface area contributed by atoms with Gasteiger partial charge in [-0.3, -0.25) is 0 Å². The van der Waals surface area contributed by atoms with Crippen LogP contribution < -0.4 is 0 Å². The summed E-state index contributed by atoms with van der Waals surface area (Å²) >= 11 is 10.5. The molecule has 1 nitrogen and oxygen atoms in total. The molecule has 34 heavy (non-hydrogen) atoms. The summed E-state index contributed by atoms with van der Waals surface area (Å²) < 4.78 is 7.40. The van der Waals surface area contributed by atoms with Crippen LogP contribution in [0.15, 0.2) is 106 Å². The van der Waals surface area contributed by atoms with Crippen molar-refractivity contribution >= 4 is 49.5 Å². The second-order valence-corrected chi connectivity index (χ2v) is 10.4. The molecule has 0 bridgehead atoms. The summed E-state index contributed by atoms with van der Waals surface area (Å²) in [6.45, 7) is 0. The van der Waals surface area contributed by atoms with Gasteiger partial charge in [-0.15, -0.1) is 0 Å². The third-order valence-electron chi connectivity index (χ3n) is 7.62. The molecule has 1 spiro atoms. The molecule has 160 valence electrons. The maximum Gasteiger partial charge on any atom is 0.136 e. The van der Waals surface area contributed by atoms with Crippen LogP contribution in [-0.4, -0.2) is 0 Å². The van der Waals surface area contributed by atoms with Gasteiger partial charge in [0.1, 0.15) is 11.2 Å². The summed E-state index contributed by atoms with van der Waals surface area (Å²) in [7, 11) is 0. The van der Waals surface area contributed by atoms with E-state index in [1.54, 1.807) is 0 Å². The van der Waals surface area contributed by atoms with Crippen LogP contribution >= 0.6 is 27.5 Å². The fourth-order valence-corrected chi connectivity index (χ4v) is 7.21. The average molecular weight is 520 g/mol. The van der Waals surface area contributed by atoms with Crippen molar-refractivity contribution in [3.63, 3.8) is 0 Å². The van der Waals surface area contributed by atoms with Crippen LogP contribution in [0.3, 0.4) is 0 Å². The molecule has 0 N–H and O–H groups in total. The summed E-state index contributed by atoms with van der Waals surface area (Å²) in [6.07, 6.45) is 0. The summed E-state index contributed by atoms with van der Waals surface area (Å²) in [4.78, 5) is 0. The second kappa shape index (κ2) is 6.41.